The topological polar surface area (TPSA) is 64.6 Å². The third-order valence-corrected chi connectivity index (χ3v) is 4.77. The van der Waals surface area contributed by atoms with Gasteiger partial charge in [-0.15, -0.1) is 0 Å². The highest BCUT2D eigenvalue weighted by atomic mass is 35.5. The van der Waals surface area contributed by atoms with E-state index in [0.29, 0.717) is 17.1 Å². The molecule has 1 amide bonds. The number of rotatable bonds is 5. The van der Waals surface area contributed by atoms with E-state index in [4.69, 9.17) is 11.6 Å². The van der Waals surface area contributed by atoms with Crippen molar-refractivity contribution in [1.82, 2.24) is 15.8 Å². The molecule has 3 N–H and O–H groups in total. The molecule has 2 aromatic rings. The van der Waals surface area contributed by atoms with Crippen molar-refractivity contribution in [1.29, 1.82) is 0 Å². The van der Waals surface area contributed by atoms with E-state index in [1.54, 1.807) is 36.2 Å². The zero-order valence-electron chi connectivity index (χ0n) is 14.0. The number of nitrogens with one attached hydrogen (secondary N) is 2. The van der Waals surface area contributed by atoms with E-state index in [0.717, 1.165) is 6.54 Å². The first-order valence-corrected chi connectivity index (χ1v) is 8.66. The van der Waals surface area contributed by atoms with E-state index in [2.05, 4.69) is 23.0 Å². The average Bonchev–Trinajstić information content (AvgIpc) is 3.09. The Hall–Kier alpha value is -1.92. The van der Waals surface area contributed by atoms with Crippen LogP contribution in [0.2, 0.25) is 5.02 Å². The minimum absolute atomic E-state index is 0.125. The first-order valence-electron chi connectivity index (χ1n) is 8.28. The number of likely N-dealkylation sites (N-methyl/N-ethyl adjacent to an activating group) is 1. The number of aliphatic hydroxyl groups is 1. The third-order valence-electron chi connectivity index (χ3n) is 4.53. The summed E-state index contributed by atoms with van der Waals surface area (Å²) >= 11 is 5.95. The van der Waals surface area contributed by atoms with Crippen molar-refractivity contribution in [3.8, 4) is 0 Å². The van der Waals surface area contributed by atoms with Gasteiger partial charge in [-0.05, 0) is 23.3 Å². The molecule has 0 bridgehead atoms. The van der Waals surface area contributed by atoms with Gasteiger partial charge >= 0.3 is 0 Å². The van der Waals surface area contributed by atoms with Crippen molar-refractivity contribution in [2.75, 3.05) is 20.1 Å². The SMILES string of the molecule is CN(CC1CNNC1c1ccccc1)C(=O)C(O)c1cccc(Cl)c1. The molecule has 2 aromatic carbocycles. The normalized spacial score (nSPS) is 21.1. The number of hydrazine groups is 1. The zero-order chi connectivity index (χ0) is 17.8. The van der Waals surface area contributed by atoms with Gasteiger partial charge in [-0.3, -0.25) is 10.2 Å². The average molecular weight is 360 g/mol. The van der Waals surface area contributed by atoms with Crippen LogP contribution in [0.5, 0.6) is 0 Å². The predicted octanol–water partition coefficient (Wildman–Crippen LogP) is 2.30. The molecule has 25 heavy (non-hydrogen) atoms. The molecular formula is C19H22ClN3O2. The quantitative estimate of drug-likeness (QED) is 0.766. The predicted molar refractivity (Wildman–Crippen MR) is 97.9 cm³/mol. The van der Waals surface area contributed by atoms with Crippen molar-refractivity contribution >= 4 is 17.5 Å². The molecule has 3 unspecified atom stereocenters. The summed E-state index contributed by atoms with van der Waals surface area (Å²) in [5.74, 6) is -0.121. The maximum Gasteiger partial charge on any atom is 0.255 e. The van der Waals surface area contributed by atoms with Crippen LogP contribution in [0, 0.1) is 5.92 Å². The molecule has 1 fully saturated rings. The number of hydrogen-bond acceptors (Lipinski definition) is 4. The summed E-state index contributed by atoms with van der Waals surface area (Å²) in [4.78, 5) is 14.2. The summed E-state index contributed by atoms with van der Waals surface area (Å²) in [6, 6.07) is 17.0. The summed E-state index contributed by atoms with van der Waals surface area (Å²) in [6.07, 6.45) is -1.21. The van der Waals surface area contributed by atoms with Crippen molar-refractivity contribution in [3.63, 3.8) is 0 Å². The minimum atomic E-state index is -1.21. The Balaban J connectivity index is 1.66. The lowest BCUT2D eigenvalue weighted by atomic mass is 9.94. The van der Waals surface area contributed by atoms with Crippen LogP contribution in [-0.4, -0.2) is 36.1 Å². The highest BCUT2D eigenvalue weighted by Gasteiger charge is 2.31. The molecule has 0 spiro atoms. The van der Waals surface area contributed by atoms with Crippen molar-refractivity contribution in [2.24, 2.45) is 5.92 Å². The van der Waals surface area contributed by atoms with Crippen molar-refractivity contribution < 1.29 is 9.90 Å². The van der Waals surface area contributed by atoms with Crippen LogP contribution in [0.1, 0.15) is 23.3 Å². The molecule has 0 saturated carbocycles. The Morgan fingerprint density at radius 2 is 2.04 bits per heavy atom. The van der Waals surface area contributed by atoms with Gasteiger partial charge < -0.3 is 10.0 Å². The van der Waals surface area contributed by atoms with Crippen LogP contribution in [-0.2, 0) is 4.79 Å². The molecular weight excluding hydrogens is 338 g/mol. The number of carbonyl (C=O) groups is 1. The largest absolute Gasteiger partial charge is 0.378 e. The monoisotopic (exact) mass is 359 g/mol. The Bertz CT molecular complexity index is 726. The van der Waals surface area contributed by atoms with Gasteiger partial charge in [0.1, 0.15) is 0 Å². The maximum atomic E-state index is 12.6. The minimum Gasteiger partial charge on any atom is -0.378 e. The fourth-order valence-corrected chi connectivity index (χ4v) is 3.39. The Morgan fingerprint density at radius 1 is 1.28 bits per heavy atom. The fraction of sp³-hybridized carbons (Fsp3) is 0.316. The molecule has 0 aromatic heterocycles. The van der Waals surface area contributed by atoms with E-state index >= 15 is 0 Å². The molecule has 3 rings (SSSR count). The third kappa shape index (κ3) is 4.19. The fourth-order valence-electron chi connectivity index (χ4n) is 3.19. The molecule has 1 saturated heterocycles. The van der Waals surface area contributed by atoms with Gasteiger partial charge in [-0.2, -0.15) is 0 Å². The van der Waals surface area contributed by atoms with Crippen LogP contribution in [0.25, 0.3) is 0 Å². The molecule has 1 heterocycles. The number of benzene rings is 2. The number of carbonyl (C=O) groups excluding carboxylic acids is 1. The molecule has 0 aliphatic carbocycles. The number of halogens is 1. The van der Waals surface area contributed by atoms with Crippen LogP contribution in [0.4, 0.5) is 0 Å². The lowest BCUT2D eigenvalue weighted by molar-refractivity contribution is -0.139. The Morgan fingerprint density at radius 3 is 2.76 bits per heavy atom. The lowest BCUT2D eigenvalue weighted by Crippen LogP contribution is -2.37. The van der Waals surface area contributed by atoms with Gasteiger partial charge in [-0.25, -0.2) is 5.43 Å². The second kappa shape index (κ2) is 7.97. The summed E-state index contributed by atoms with van der Waals surface area (Å²) in [6.45, 7) is 1.29. The molecule has 132 valence electrons. The molecule has 5 nitrogen and oxygen atoms in total. The van der Waals surface area contributed by atoms with E-state index in [-0.39, 0.29) is 17.9 Å². The standard InChI is InChI=1S/C19H22ClN3O2/c1-23(19(25)18(24)14-8-5-9-16(20)10-14)12-15-11-21-22-17(15)13-6-3-2-4-7-13/h2-10,15,17-18,21-22,24H,11-12H2,1H3. The maximum absolute atomic E-state index is 12.6. The molecule has 1 aliphatic heterocycles. The van der Waals surface area contributed by atoms with Gasteiger partial charge in [0.25, 0.3) is 5.91 Å². The Kier molecular flexibility index (Phi) is 5.71. The van der Waals surface area contributed by atoms with Crippen molar-refractivity contribution in [3.05, 3.63) is 70.7 Å². The van der Waals surface area contributed by atoms with Crippen LogP contribution < -0.4 is 10.9 Å². The summed E-state index contributed by atoms with van der Waals surface area (Å²) in [5, 5.41) is 10.9. The van der Waals surface area contributed by atoms with Crippen LogP contribution in [0.15, 0.2) is 54.6 Å². The van der Waals surface area contributed by atoms with Gasteiger partial charge in [-0.1, -0.05) is 54.1 Å². The van der Waals surface area contributed by atoms with E-state index in [1.807, 2.05) is 18.2 Å². The molecule has 3 atom stereocenters. The van der Waals surface area contributed by atoms with Gasteiger partial charge in [0.2, 0.25) is 0 Å². The lowest BCUT2D eigenvalue weighted by Gasteiger charge is -2.26. The number of hydrogen-bond donors (Lipinski definition) is 3. The summed E-state index contributed by atoms with van der Waals surface area (Å²) < 4.78 is 0. The highest BCUT2D eigenvalue weighted by molar-refractivity contribution is 6.30. The van der Waals surface area contributed by atoms with Gasteiger partial charge in [0.05, 0.1) is 6.04 Å². The molecule has 0 radical (unpaired) electrons. The molecule has 1 aliphatic rings. The highest BCUT2D eigenvalue weighted by Crippen LogP contribution is 2.26. The second-order valence-corrected chi connectivity index (χ2v) is 6.79. The van der Waals surface area contributed by atoms with E-state index in [9.17, 15) is 9.90 Å². The summed E-state index contributed by atoms with van der Waals surface area (Å²) in [5.41, 5.74) is 8.11. The number of nitrogens with zero attached hydrogens (tertiary/aromatic N) is 1. The summed E-state index contributed by atoms with van der Waals surface area (Å²) in [7, 11) is 1.72. The molecule has 6 heteroatoms. The van der Waals surface area contributed by atoms with Gasteiger partial charge in [0, 0.05) is 31.1 Å². The first-order chi connectivity index (χ1) is 12.1. The zero-order valence-corrected chi connectivity index (χ0v) is 14.8. The Labute approximate surface area is 152 Å². The van der Waals surface area contributed by atoms with Crippen LogP contribution in [0.3, 0.4) is 0 Å². The number of amides is 1. The second-order valence-electron chi connectivity index (χ2n) is 6.35. The van der Waals surface area contributed by atoms with Crippen LogP contribution >= 0.6 is 11.6 Å². The van der Waals surface area contributed by atoms with E-state index in [1.165, 1.54) is 5.56 Å². The van der Waals surface area contributed by atoms with E-state index < -0.39 is 6.10 Å². The first kappa shape index (κ1) is 17.9. The van der Waals surface area contributed by atoms with Gasteiger partial charge in [0.15, 0.2) is 6.10 Å². The number of aliphatic hydroxyl groups excluding tert-OH is 1. The smallest absolute Gasteiger partial charge is 0.255 e. The van der Waals surface area contributed by atoms with Crippen molar-refractivity contribution in [2.45, 2.75) is 12.1 Å².